The van der Waals surface area contributed by atoms with Crippen LogP contribution >= 0.6 is 0 Å². The SMILES string of the molecule is CCC(O)C(C)(O)C1OC(=O)C(C)C(O[C@H]2C[C@@](C)(OC)[C@@H](O)[C@H](C)O2)C(C)C(O[C@@H]2O[C@H](C)C[C@H](N(C)C)[C@H]2O)C2(C)CC(C)C(O)(O2)C1C. The highest BCUT2D eigenvalue weighted by Gasteiger charge is 2.64. The Balaban J connectivity index is 1.86. The van der Waals surface area contributed by atoms with Crippen LogP contribution in [0, 0.1) is 23.7 Å². The maximum absolute atomic E-state index is 14.3. The van der Waals surface area contributed by atoms with Gasteiger partial charge in [0.25, 0.3) is 0 Å². The zero-order chi connectivity index (χ0) is 38.6. The van der Waals surface area contributed by atoms with Crippen molar-refractivity contribution in [3.05, 3.63) is 0 Å². The summed E-state index contributed by atoms with van der Waals surface area (Å²) in [5.74, 6) is -5.94. The zero-order valence-corrected chi connectivity index (χ0v) is 32.9. The predicted octanol–water partition coefficient (Wildman–Crippen LogP) is 1.94. The van der Waals surface area contributed by atoms with Gasteiger partial charge in [-0.3, -0.25) is 4.79 Å². The summed E-state index contributed by atoms with van der Waals surface area (Å²) in [7, 11) is 5.28. The molecule has 14 nitrogen and oxygen atoms in total. The van der Waals surface area contributed by atoms with Gasteiger partial charge < -0.3 is 63.6 Å². The fourth-order valence-electron chi connectivity index (χ4n) is 9.16. The zero-order valence-electron chi connectivity index (χ0n) is 32.9. The van der Waals surface area contributed by atoms with Crippen molar-refractivity contribution in [3.63, 3.8) is 0 Å². The van der Waals surface area contributed by atoms with E-state index >= 15 is 0 Å². The number of likely N-dealkylation sites (N-methyl/N-ethyl adjacent to an activating group) is 1. The second-order valence-electron chi connectivity index (χ2n) is 16.9. The number of carbonyl (C=O) groups is 1. The summed E-state index contributed by atoms with van der Waals surface area (Å²) in [6.45, 7) is 17.3. The lowest BCUT2D eigenvalue weighted by molar-refractivity contribution is -0.337. The highest BCUT2D eigenvalue weighted by atomic mass is 16.7. The fraction of sp³-hybridized carbons (Fsp3) is 0.973. The van der Waals surface area contributed by atoms with Crippen LogP contribution in [0.2, 0.25) is 0 Å². The Labute approximate surface area is 304 Å². The molecule has 11 unspecified atom stereocenters. The Kier molecular flexibility index (Phi) is 13.1. The summed E-state index contributed by atoms with van der Waals surface area (Å²) in [5, 5.41) is 57.7. The van der Waals surface area contributed by atoms with Gasteiger partial charge in [0.05, 0.1) is 53.6 Å². The molecule has 298 valence electrons. The van der Waals surface area contributed by atoms with Crippen LogP contribution in [0.3, 0.4) is 0 Å². The van der Waals surface area contributed by atoms with Crippen molar-refractivity contribution in [2.75, 3.05) is 21.2 Å². The van der Waals surface area contributed by atoms with Crippen molar-refractivity contribution in [3.8, 4) is 0 Å². The molecule has 0 spiro atoms. The molecule has 4 rings (SSSR count). The molecule has 0 amide bonds. The Bertz CT molecular complexity index is 1190. The summed E-state index contributed by atoms with van der Waals surface area (Å²) < 4.78 is 44.5. The summed E-state index contributed by atoms with van der Waals surface area (Å²) in [5.41, 5.74) is -4.23. The van der Waals surface area contributed by atoms with E-state index in [2.05, 4.69) is 0 Å². The summed E-state index contributed by atoms with van der Waals surface area (Å²) >= 11 is 0. The minimum Gasteiger partial charge on any atom is -0.458 e. The number of ether oxygens (including phenoxy) is 7. The van der Waals surface area contributed by atoms with Crippen LogP contribution in [0.4, 0.5) is 0 Å². The molecule has 19 atom stereocenters. The monoisotopic (exact) mass is 733 g/mol. The molecule has 4 fully saturated rings. The van der Waals surface area contributed by atoms with Crippen molar-refractivity contribution < 1.29 is 63.5 Å². The fourth-order valence-corrected chi connectivity index (χ4v) is 9.16. The van der Waals surface area contributed by atoms with E-state index in [1.807, 2.05) is 46.7 Å². The largest absolute Gasteiger partial charge is 0.458 e. The molecule has 2 bridgehead atoms. The molecule has 51 heavy (non-hydrogen) atoms. The highest BCUT2D eigenvalue weighted by molar-refractivity contribution is 5.73. The molecule has 4 aliphatic rings. The number of nitrogens with zero attached hydrogens (tertiary/aromatic N) is 1. The third-order valence-corrected chi connectivity index (χ3v) is 12.6. The van der Waals surface area contributed by atoms with E-state index in [-0.39, 0.29) is 31.4 Å². The van der Waals surface area contributed by atoms with Crippen molar-refractivity contribution in [1.29, 1.82) is 0 Å². The normalized spacial score (nSPS) is 50.3. The van der Waals surface area contributed by atoms with Gasteiger partial charge in [0, 0.05) is 31.4 Å². The molecule has 4 heterocycles. The Morgan fingerprint density at radius 1 is 1.04 bits per heavy atom. The number of methoxy groups -OCH3 is 1. The summed E-state index contributed by atoms with van der Waals surface area (Å²) in [6.07, 6.45) is -8.36. The molecule has 0 aromatic rings. The van der Waals surface area contributed by atoms with E-state index in [0.29, 0.717) is 6.42 Å². The topological polar surface area (TPSA) is 186 Å². The summed E-state index contributed by atoms with van der Waals surface area (Å²) in [4.78, 5) is 16.2. The predicted molar refractivity (Wildman–Crippen MR) is 185 cm³/mol. The van der Waals surface area contributed by atoms with Gasteiger partial charge in [-0.25, -0.2) is 0 Å². The van der Waals surface area contributed by atoms with Crippen molar-refractivity contribution in [2.24, 2.45) is 23.7 Å². The van der Waals surface area contributed by atoms with E-state index in [9.17, 15) is 30.3 Å². The van der Waals surface area contributed by atoms with Gasteiger partial charge in [-0.15, -0.1) is 0 Å². The minimum atomic E-state index is -1.97. The van der Waals surface area contributed by atoms with Gasteiger partial charge in [0.15, 0.2) is 18.4 Å². The number of hydrogen-bond acceptors (Lipinski definition) is 14. The third kappa shape index (κ3) is 8.04. The van der Waals surface area contributed by atoms with E-state index < -0.39 is 108 Å². The van der Waals surface area contributed by atoms with Gasteiger partial charge in [-0.05, 0) is 74.9 Å². The average Bonchev–Trinajstić information content (AvgIpc) is 3.31. The first-order chi connectivity index (χ1) is 23.5. The quantitative estimate of drug-likeness (QED) is 0.217. The van der Waals surface area contributed by atoms with Gasteiger partial charge >= 0.3 is 5.97 Å². The number of aliphatic hydroxyl groups is 5. The first kappa shape index (κ1) is 42.7. The Morgan fingerprint density at radius 2 is 1.67 bits per heavy atom. The van der Waals surface area contributed by atoms with Crippen LogP contribution in [0.25, 0.3) is 0 Å². The maximum atomic E-state index is 14.3. The van der Waals surface area contributed by atoms with Crippen LogP contribution in [0.5, 0.6) is 0 Å². The van der Waals surface area contributed by atoms with Crippen molar-refractivity contribution >= 4 is 5.97 Å². The highest BCUT2D eigenvalue weighted by Crippen LogP contribution is 2.52. The number of fused-ring (bicyclic) bond motifs is 2. The molecule has 14 heteroatoms. The smallest absolute Gasteiger partial charge is 0.311 e. The van der Waals surface area contributed by atoms with E-state index in [0.717, 1.165) is 0 Å². The molecule has 0 saturated carbocycles. The Morgan fingerprint density at radius 3 is 2.24 bits per heavy atom. The molecule has 5 N–H and O–H groups in total. The average molecular weight is 734 g/mol. The van der Waals surface area contributed by atoms with Crippen LogP contribution in [-0.2, 0) is 38.0 Å². The number of hydrogen-bond donors (Lipinski definition) is 5. The van der Waals surface area contributed by atoms with E-state index in [4.69, 9.17) is 33.2 Å². The third-order valence-electron chi connectivity index (χ3n) is 12.6. The van der Waals surface area contributed by atoms with Gasteiger partial charge in [0.2, 0.25) is 0 Å². The van der Waals surface area contributed by atoms with Crippen LogP contribution in [0.15, 0.2) is 0 Å². The second-order valence-corrected chi connectivity index (χ2v) is 16.9. The standard InChI is InChI=1S/C37H67NO13/c1-14-25(39)36(10,43)31-22(6)37(44)18(2)16-35(9,51-37)30(50-33-27(40)24(38(11)12)15-19(3)46-33)20(4)28(21(5)32(42)49-31)48-26-17-34(8,45-13)29(41)23(7)47-26/h18-31,33,39-41,43-44H,14-17H2,1-13H3/t18?,19-,20?,21?,22?,23+,24+,25?,26+,27-,28?,29+,30?,31?,33+,34-,35?,36?,37?/m1/s1. The maximum Gasteiger partial charge on any atom is 0.311 e. The second kappa shape index (κ2) is 15.6. The molecular weight excluding hydrogens is 666 g/mol. The van der Waals surface area contributed by atoms with E-state index in [1.165, 1.54) is 14.0 Å². The number of aliphatic hydroxyl groups excluding tert-OH is 3. The molecule has 0 aliphatic carbocycles. The van der Waals surface area contributed by atoms with Crippen molar-refractivity contribution in [1.82, 2.24) is 4.90 Å². The lowest BCUT2D eigenvalue weighted by Crippen LogP contribution is -2.61. The van der Waals surface area contributed by atoms with Crippen molar-refractivity contribution in [2.45, 2.75) is 185 Å². The van der Waals surface area contributed by atoms with Crippen LogP contribution < -0.4 is 0 Å². The first-order valence-electron chi connectivity index (χ1n) is 18.7. The van der Waals surface area contributed by atoms with Gasteiger partial charge in [-0.1, -0.05) is 27.7 Å². The number of carbonyl (C=O) groups excluding carboxylic acids is 1. The molecule has 0 aromatic carbocycles. The number of esters is 1. The minimum absolute atomic E-state index is 0.139. The van der Waals surface area contributed by atoms with Crippen LogP contribution in [-0.4, -0.2) is 148 Å². The molecule has 4 saturated heterocycles. The Hall–Kier alpha value is -1.01. The van der Waals surface area contributed by atoms with Gasteiger partial charge in [0.1, 0.15) is 23.9 Å². The molecular formula is C37H67NO13. The van der Waals surface area contributed by atoms with E-state index in [1.54, 1.807) is 34.6 Å². The number of rotatable bonds is 9. The molecule has 0 radical (unpaired) electrons. The van der Waals surface area contributed by atoms with Crippen LogP contribution in [0.1, 0.15) is 94.9 Å². The lowest BCUT2D eigenvalue weighted by atomic mass is 9.74. The first-order valence-corrected chi connectivity index (χ1v) is 18.7. The lowest BCUT2D eigenvalue weighted by Gasteiger charge is -2.48. The molecule has 0 aromatic heterocycles. The number of cyclic esters (lactones) is 1. The summed E-state index contributed by atoms with van der Waals surface area (Å²) in [6, 6.07) is -0.269. The molecule has 4 aliphatic heterocycles. The van der Waals surface area contributed by atoms with Gasteiger partial charge in [-0.2, -0.15) is 0 Å².